The summed E-state index contributed by atoms with van der Waals surface area (Å²) in [5.74, 6) is 0. The molecule has 2 rings (SSSR count). The zero-order chi connectivity index (χ0) is 12.5. The normalized spacial score (nSPS) is 8.55. The van der Waals surface area contributed by atoms with Crippen molar-refractivity contribution in [3.05, 3.63) is 42.0 Å². The van der Waals surface area contributed by atoms with E-state index in [9.17, 15) is 0 Å². The van der Waals surface area contributed by atoms with Crippen LogP contribution in [0, 0.1) is 0 Å². The molecule has 0 saturated carbocycles. The Morgan fingerprint density at radius 2 is 1.60 bits per heavy atom. The van der Waals surface area contributed by atoms with E-state index in [-0.39, 0.29) is 74.2 Å². The largest absolute Gasteiger partial charge is 3.00 e. The van der Waals surface area contributed by atoms with Crippen LogP contribution in [0.3, 0.4) is 0 Å². The molecule has 0 fully saturated rings. The summed E-state index contributed by atoms with van der Waals surface area (Å²) >= 11 is 0. The number of hydrogen-bond donors (Lipinski definition) is 0. The van der Waals surface area contributed by atoms with E-state index in [0.29, 0.717) is 0 Å². The zero-order valence-corrected chi connectivity index (χ0v) is 20.3. The molecule has 0 nitrogen and oxygen atoms in total. The SMILES string of the molecule is CCCc1cc2ccccc2[cH-]1.CC[Si]CC.[I-].[I-].[Zr+3]. The minimum Gasteiger partial charge on any atom is -1.00 e. The molecule has 0 aliphatic rings. The van der Waals surface area contributed by atoms with Crippen molar-refractivity contribution >= 4 is 20.3 Å². The maximum atomic E-state index is 2.29. The number of hydrogen-bond acceptors (Lipinski definition) is 0. The molecule has 0 saturated heterocycles. The molecule has 0 aromatic heterocycles. The molecule has 0 aliphatic carbocycles. The van der Waals surface area contributed by atoms with Crippen LogP contribution in [0.25, 0.3) is 10.8 Å². The smallest absolute Gasteiger partial charge is 1.00 e. The third kappa shape index (κ3) is 10.2. The summed E-state index contributed by atoms with van der Waals surface area (Å²) in [7, 11) is 1.20. The Morgan fingerprint density at radius 1 is 1.00 bits per heavy atom. The van der Waals surface area contributed by atoms with Gasteiger partial charge in [-0.1, -0.05) is 45.3 Å². The third-order valence-corrected chi connectivity index (χ3v) is 3.72. The van der Waals surface area contributed by atoms with Crippen LogP contribution in [-0.4, -0.2) is 9.52 Å². The van der Waals surface area contributed by atoms with Crippen LogP contribution < -0.4 is 48.0 Å². The number of rotatable bonds is 4. The Kier molecular flexibility index (Phi) is 22.0. The van der Waals surface area contributed by atoms with Crippen molar-refractivity contribution in [3.63, 3.8) is 0 Å². The molecule has 3 radical (unpaired) electrons. The first-order valence-electron chi connectivity index (χ1n) is 6.66. The fourth-order valence-corrected chi connectivity index (χ4v) is 2.40. The van der Waals surface area contributed by atoms with Gasteiger partial charge in [0.15, 0.2) is 0 Å². The van der Waals surface area contributed by atoms with E-state index in [1.165, 1.54) is 50.8 Å². The molecule has 0 atom stereocenters. The van der Waals surface area contributed by atoms with Gasteiger partial charge in [0.25, 0.3) is 0 Å². The van der Waals surface area contributed by atoms with Crippen molar-refractivity contribution in [1.82, 2.24) is 0 Å². The molecule has 20 heavy (non-hydrogen) atoms. The Hall–Kier alpha value is 1.39. The van der Waals surface area contributed by atoms with E-state index in [4.69, 9.17) is 0 Å². The molecular weight excluding hydrogens is 565 g/mol. The molecule has 0 bridgehead atoms. The standard InChI is InChI=1S/C12H13.C4H10Si.2HI.Zr/c1-2-5-10-8-11-6-3-4-7-12(11)9-10;1-3-5-4-2;;;/h3-4,6-9H,2,5H2,1H3;3-4H2,1-2H3;2*1H;/q-1;;;;+3/p-2. The second kappa shape index (κ2) is 16.8. The van der Waals surface area contributed by atoms with Gasteiger partial charge in [0.1, 0.15) is 0 Å². The van der Waals surface area contributed by atoms with Crippen molar-refractivity contribution in [1.29, 1.82) is 0 Å². The van der Waals surface area contributed by atoms with Crippen molar-refractivity contribution in [2.45, 2.75) is 45.7 Å². The van der Waals surface area contributed by atoms with Gasteiger partial charge in [0.2, 0.25) is 0 Å². The van der Waals surface area contributed by atoms with Crippen LogP contribution in [0.5, 0.6) is 0 Å². The fraction of sp³-hybridized carbons (Fsp3) is 0.438. The average Bonchev–Trinajstić information content (AvgIpc) is 2.73. The van der Waals surface area contributed by atoms with Gasteiger partial charge in [0, 0.05) is 9.52 Å². The third-order valence-electron chi connectivity index (χ3n) is 2.72. The molecule has 109 valence electrons. The first kappa shape index (κ1) is 26.3. The molecule has 4 heteroatoms. The van der Waals surface area contributed by atoms with E-state index in [0.717, 1.165) is 0 Å². The van der Waals surface area contributed by atoms with Crippen LogP contribution in [0.4, 0.5) is 0 Å². The second-order valence-electron chi connectivity index (χ2n) is 4.20. The van der Waals surface area contributed by atoms with Crippen molar-refractivity contribution in [2.24, 2.45) is 0 Å². The number of aryl methyl sites for hydroxylation is 1. The Morgan fingerprint density at radius 3 is 2.05 bits per heavy atom. The van der Waals surface area contributed by atoms with Crippen LogP contribution in [-0.2, 0) is 32.6 Å². The maximum Gasteiger partial charge on any atom is 3.00 e. The predicted octanol–water partition coefficient (Wildman–Crippen LogP) is -0.916. The Bertz CT molecular complexity index is 394. The van der Waals surface area contributed by atoms with Gasteiger partial charge >= 0.3 is 26.2 Å². The van der Waals surface area contributed by atoms with Crippen LogP contribution in [0.2, 0.25) is 12.1 Å². The summed E-state index contributed by atoms with van der Waals surface area (Å²) in [4.78, 5) is 0. The van der Waals surface area contributed by atoms with E-state index in [1.807, 2.05) is 0 Å². The van der Waals surface area contributed by atoms with Crippen LogP contribution >= 0.6 is 0 Å². The average molecular weight is 588 g/mol. The predicted molar refractivity (Wildman–Crippen MR) is 80.3 cm³/mol. The first-order valence-corrected chi connectivity index (χ1v) is 8.08. The molecule has 0 unspecified atom stereocenters. The van der Waals surface area contributed by atoms with Crippen molar-refractivity contribution in [2.75, 3.05) is 0 Å². The molecule has 0 heterocycles. The maximum absolute atomic E-state index is 2.29. The molecule has 0 spiro atoms. The minimum absolute atomic E-state index is 0. The second-order valence-corrected chi connectivity index (χ2v) is 6.11. The summed E-state index contributed by atoms with van der Waals surface area (Å²) in [6.07, 6.45) is 2.44. The summed E-state index contributed by atoms with van der Waals surface area (Å²) < 4.78 is 0. The fourth-order valence-electron chi connectivity index (χ4n) is 1.90. The summed E-state index contributed by atoms with van der Waals surface area (Å²) in [6, 6.07) is 15.9. The molecule has 2 aromatic rings. The monoisotopic (exact) mass is 587 g/mol. The van der Waals surface area contributed by atoms with Gasteiger partial charge in [-0.25, -0.2) is 0 Å². The van der Waals surface area contributed by atoms with E-state index < -0.39 is 0 Å². The summed E-state index contributed by atoms with van der Waals surface area (Å²) in [5, 5.41) is 2.75. The van der Waals surface area contributed by atoms with Gasteiger partial charge in [-0.3, -0.25) is 0 Å². The quantitative estimate of drug-likeness (QED) is 0.247. The van der Waals surface area contributed by atoms with Gasteiger partial charge in [-0.2, -0.15) is 6.07 Å². The van der Waals surface area contributed by atoms with E-state index in [2.05, 4.69) is 57.2 Å². The Labute approximate surface area is 180 Å². The van der Waals surface area contributed by atoms with Gasteiger partial charge in [0.05, 0.1) is 0 Å². The van der Waals surface area contributed by atoms with Crippen molar-refractivity contribution < 1.29 is 74.2 Å². The molecule has 0 N–H and O–H groups in total. The summed E-state index contributed by atoms with van der Waals surface area (Å²) in [6.45, 7) is 6.67. The first-order chi connectivity index (χ1) is 8.31. The molecule has 0 amide bonds. The number of fused-ring (bicyclic) bond motifs is 1. The molecule has 2 aromatic carbocycles. The van der Waals surface area contributed by atoms with Crippen LogP contribution in [0.1, 0.15) is 32.8 Å². The topological polar surface area (TPSA) is 0 Å². The molecular formula is C16H23I2SiZr. The molecule has 0 aliphatic heterocycles. The number of halogens is 2. The van der Waals surface area contributed by atoms with Gasteiger partial charge in [-0.05, 0) is 6.42 Å². The van der Waals surface area contributed by atoms with Crippen molar-refractivity contribution in [3.8, 4) is 0 Å². The van der Waals surface area contributed by atoms with Gasteiger partial charge < -0.3 is 48.0 Å². The summed E-state index contributed by atoms with van der Waals surface area (Å²) in [5.41, 5.74) is 1.47. The van der Waals surface area contributed by atoms with Gasteiger partial charge in [-0.15, -0.1) is 40.6 Å². The van der Waals surface area contributed by atoms with Crippen LogP contribution in [0.15, 0.2) is 36.4 Å². The van der Waals surface area contributed by atoms with E-state index in [1.54, 1.807) is 0 Å². The van der Waals surface area contributed by atoms with E-state index >= 15 is 0 Å². The number of benzene rings is 1. The zero-order valence-electron chi connectivity index (χ0n) is 12.5. The minimum atomic E-state index is 0. The Balaban J connectivity index is -0.000000322.